The Hall–Kier alpha value is -3.92. The highest BCUT2D eigenvalue weighted by atomic mass is 16.5. The Bertz CT molecular complexity index is 1510. The third-order valence-corrected chi connectivity index (χ3v) is 8.96. The van der Waals surface area contributed by atoms with Crippen molar-refractivity contribution in [3.8, 4) is 17.1 Å². The Morgan fingerprint density at radius 3 is 2.74 bits per heavy atom. The molecule has 2 aromatic heterocycles. The molecule has 10 heteroatoms. The van der Waals surface area contributed by atoms with Crippen LogP contribution in [0.5, 0.6) is 5.88 Å². The summed E-state index contributed by atoms with van der Waals surface area (Å²) < 4.78 is 13.5. The lowest BCUT2D eigenvalue weighted by atomic mass is 9.97. The van der Waals surface area contributed by atoms with E-state index in [2.05, 4.69) is 43.8 Å². The lowest BCUT2D eigenvalue weighted by molar-refractivity contribution is 0.0699. The average molecular weight is 570 g/mol. The largest absolute Gasteiger partial charge is 0.477 e. The lowest BCUT2D eigenvalue weighted by Crippen LogP contribution is -2.36. The summed E-state index contributed by atoms with van der Waals surface area (Å²) in [6.07, 6.45) is 8.43. The van der Waals surface area contributed by atoms with Crippen molar-refractivity contribution in [2.75, 3.05) is 48.4 Å². The molecule has 3 aliphatic heterocycles. The third-order valence-electron chi connectivity index (χ3n) is 8.96. The van der Waals surface area contributed by atoms with Crippen LogP contribution in [-0.2, 0) is 11.8 Å². The first-order valence-electron chi connectivity index (χ1n) is 15.3. The summed E-state index contributed by atoms with van der Waals surface area (Å²) in [5.74, 6) is 2.76. The molecule has 1 atom stereocenters. The van der Waals surface area contributed by atoms with Crippen LogP contribution in [0.1, 0.15) is 54.6 Å². The van der Waals surface area contributed by atoms with Crippen molar-refractivity contribution in [2.45, 2.75) is 45.4 Å². The fraction of sp³-hybridized carbons (Fsp3) is 0.500. The van der Waals surface area contributed by atoms with Gasteiger partial charge >= 0.3 is 0 Å². The summed E-state index contributed by atoms with van der Waals surface area (Å²) in [7, 11) is 1.87. The SMILES string of the molecule is Cc1cc2cc(n1)-c1cnn(C)c1OCCCC(C1CC1)CN1/C(=N/C2=O)Nc2cc(NCC3CCOCC3)ccc21. The Morgan fingerprint density at radius 1 is 1.05 bits per heavy atom. The van der Waals surface area contributed by atoms with Gasteiger partial charge in [0.2, 0.25) is 11.8 Å². The van der Waals surface area contributed by atoms with Gasteiger partial charge in [0.25, 0.3) is 5.91 Å². The minimum atomic E-state index is -0.302. The molecule has 2 bridgehead atoms. The monoisotopic (exact) mass is 569 g/mol. The number of fused-ring (bicyclic) bond motifs is 7. The summed E-state index contributed by atoms with van der Waals surface area (Å²) in [5.41, 5.74) is 5.78. The standard InChI is InChI=1S/C32H39N7O3/c1-20-14-24-15-27(35-20)26-18-34-38(2)31(26)42-11-3-4-23(22-5-6-22)19-39-29-8-7-25(33-17-21-9-12-41-13-10-21)16-28(29)36-32(39)37-30(24)40/h7-8,14-16,18,21-23,33H,3-6,9-13,17,19H2,1-2H3,(H,36,37,40). The number of nitrogens with zero attached hydrogens (tertiary/aromatic N) is 5. The van der Waals surface area contributed by atoms with Gasteiger partial charge in [0.05, 0.1) is 35.4 Å². The number of aliphatic imine (C=N–C) groups is 1. The van der Waals surface area contributed by atoms with Gasteiger partial charge in [0, 0.05) is 50.3 Å². The molecular formula is C32H39N7O3. The van der Waals surface area contributed by atoms with Gasteiger partial charge in [-0.3, -0.25) is 9.78 Å². The highest BCUT2D eigenvalue weighted by molar-refractivity contribution is 6.19. The molecule has 220 valence electrons. The Morgan fingerprint density at radius 2 is 1.90 bits per heavy atom. The van der Waals surface area contributed by atoms with Gasteiger partial charge in [0.15, 0.2) is 0 Å². The number of aromatic nitrogens is 3. The first kappa shape index (κ1) is 26.9. The number of nitrogens with one attached hydrogen (secondary N) is 2. The summed E-state index contributed by atoms with van der Waals surface area (Å²) >= 11 is 0. The van der Waals surface area contributed by atoms with Crippen LogP contribution >= 0.6 is 0 Å². The number of ether oxygens (including phenoxy) is 2. The number of anilines is 3. The summed E-state index contributed by atoms with van der Waals surface area (Å²) in [6.45, 7) is 5.92. The highest BCUT2D eigenvalue weighted by Crippen LogP contribution is 2.43. The minimum absolute atomic E-state index is 0.302. The number of aryl methyl sites for hydroxylation is 2. The van der Waals surface area contributed by atoms with E-state index in [1.807, 2.05) is 14.0 Å². The summed E-state index contributed by atoms with van der Waals surface area (Å²) in [5, 5.41) is 11.5. The first-order chi connectivity index (χ1) is 20.5. The number of carbonyl (C=O) groups is 1. The topological polar surface area (TPSA) is 106 Å². The summed E-state index contributed by atoms with van der Waals surface area (Å²) in [6, 6.07) is 10.0. The fourth-order valence-electron chi connectivity index (χ4n) is 6.43. The van der Waals surface area contributed by atoms with Gasteiger partial charge in [-0.05, 0) is 93.5 Å². The van der Waals surface area contributed by atoms with Crippen LogP contribution in [0.25, 0.3) is 11.3 Å². The van der Waals surface area contributed by atoms with Gasteiger partial charge < -0.3 is 25.0 Å². The highest BCUT2D eigenvalue weighted by Gasteiger charge is 2.36. The van der Waals surface area contributed by atoms with Crippen molar-refractivity contribution in [1.29, 1.82) is 0 Å². The molecule has 5 heterocycles. The zero-order valence-electron chi connectivity index (χ0n) is 24.4. The number of carbonyl (C=O) groups excluding carboxylic acids is 1. The number of amides is 1. The molecule has 1 amide bonds. The van der Waals surface area contributed by atoms with Gasteiger partial charge in [-0.15, -0.1) is 0 Å². The van der Waals surface area contributed by atoms with Crippen molar-refractivity contribution in [3.63, 3.8) is 0 Å². The molecular weight excluding hydrogens is 530 g/mol. The number of guanidine groups is 1. The second-order valence-electron chi connectivity index (χ2n) is 12.1. The van der Waals surface area contributed by atoms with Crippen LogP contribution in [0.15, 0.2) is 41.5 Å². The van der Waals surface area contributed by atoms with E-state index >= 15 is 0 Å². The normalized spacial score (nSPS) is 22.4. The van der Waals surface area contributed by atoms with Gasteiger partial charge in [-0.1, -0.05) is 0 Å². The molecule has 1 aromatic carbocycles. The van der Waals surface area contributed by atoms with Crippen molar-refractivity contribution < 1.29 is 14.3 Å². The lowest BCUT2D eigenvalue weighted by Gasteiger charge is -2.26. The maximum Gasteiger partial charge on any atom is 0.280 e. The first-order valence-corrected chi connectivity index (χ1v) is 15.3. The van der Waals surface area contributed by atoms with E-state index in [1.54, 1.807) is 23.0 Å². The maximum atomic E-state index is 13.7. The quantitative estimate of drug-likeness (QED) is 0.439. The van der Waals surface area contributed by atoms with Crippen molar-refractivity contribution >= 4 is 28.9 Å². The van der Waals surface area contributed by atoms with E-state index < -0.39 is 0 Å². The van der Waals surface area contributed by atoms with E-state index in [4.69, 9.17) is 14.5 Å². The molecule has 10 nitrogen and oxygen atoms in total. The molecule has 2 N–H and O–H groups in total. The molecule has 42 heavy (non-hydrogen) atoms. The number of benzene rings is 1. The van der Waals surface area contributed by atoms with E-state index in [0.717, 1.165) is 80.3 Å². The molecule has 3 aromatic rings. The number of rotatable bonds is 4. The zero-order chi connectivity index (χ0) is 28.6. The molecule has 2 fully saturated rings. The Balaban J connectivity index is 1.22. The minimum Gasteiger partial charge on any atom is -0.477 e. The van der Waals surface area contributed by atoms with Gasteiger partial charge in [-0.2, -0.15) is 10.1 Å². The molecule has 4 aliphatic rings. The van der Waals surface area contributed by atoms with Crippen LogP contribution < -0.4 is 20.3 Å². The van der Waals surface area contributed by atoms with Crippen LogP contribution in [0, 0.1) is 24.7 Å². The van der Waals surface area contributed by atoms with Gasteiger partial charge in [-0.25, -0.2) is 4.68 Å². The number of hydrogen-bond acceptors (Lipinski definition) is 8. The Labute approximate surface area is 246 Å². The maximum absolute atomic E-state index is 13.7. The Kier molecular flexibility index (Phi) is 7.31. The average Bonchev–Trinajstić information content (AvgIpc) is 3.70. The second kappa shape index (κ2) is 11.4. The fourth-order valence-corrected chi connectivity index (χ4v) is 6.43. The van der Waals surface area contributed by atoms with Crippen molar-refractivity contribution in [1.82, 2.24) is 14.8 Å². The third kappa shape index (κ3) is 5.60. The number of pyridine rings is 1. The summed E-state index contributed by atoms with van der Waals surface area (Å²) in [4.78, 5) is 25.3. The van der Waals surface area contributed by atoms with E-state index in [9.17, 15) is 4.79 Å². The van der Waals surface area contributed by atoms with Crippen LogP contribution in [-0.4, -0.2) is 59.5 Å². The second-order valence-corrected chi connectivity index (χ2v) is 12.1. The zero-order valence-corrected chi connectivity index (χ0v) is 24.4. The van der Waals surface area contributed by atoms with Crippen LogP contribution in [0.4, 0.5) is 17.1 Å². The molecule has 1 saturated heterocycles. The van der Waals surface area contributed by atoms with Crippen LogP contribution in [0.3, 0.4) is 0 Å². The van der Waals surface area contributed by atoms with E-state index in [1.165, 1.54) is 12.8 Å². The van der Waals surface area contributed by atoms with E-state index in [-0.39, 0.29) is 5.91 Å². The molecule has 0 spiro atoms. The molecule has 1 unspecified atom stereocenters. The number of hydrogen-bond donors (Lipinski definition) is 2. The van der Waals surface area contributed by atoms with Crippen molar-refractivity contribution in [3.05, 3.63) is 47.8 Å². The predicted molar refractivity (Wildman–Crippen MR) is 163 cm³/mol. The molecule has 7 rings (SSSR count). The van der Waals surface area contributed by atoms with E-state index in [0.29, 0.717) is 47.5 Å². The molecule has 1 saturated carbocycles. The predicted octanol–water partition coefficient (Wildman–Crippen LogP) is 5.26. The smallest absolute Gasteiger partial charge is 0.280 e. The molecule has 1 aliphatic carbocycles. The van der Waals surface area contributed by atoms with Crippen molar-refractivity contribution in [2.24, 2.45) is 29.8 Å². The molecule has 0 radical (unpaired) electrons. The van der Waals surface area contributed by atoms with Gasteiger partial charge in [0.1, 0.15) is 0 Å². The van der Waals surface area contributed by atoms with Crippen LogP contribution in [0.2, 0.25) is 0 Å².